The van der Waals surface area contributed by atoms with E-state index in [9.17, 15) is 13.2 Å². The summed E-state index contributed by atoms with van der Waals surface area (Å²) in [5.74, 6) is 0.0723. The van der Waals surface area contributed by atoms with Gasteiger partial charge >= 0.3 is 6.18 Å². The van der Waals surface area contributed by atoms with Gasteiger partial charge in [-0.05, 0) is 43.7 Å². The summed E-state index contributed by atoms with van der Waals surface area (Å²) in [5.41, 5.74) is 0.0771. The third-order valence-corrected chi connectivity index (χ3v) is 3.49. The Kier molecular flexibility index (Phi) is 5.45. The van der Waals surface area contributed by atoms with Gasteiger partial charge in [-0.1, -0.05) is 19.4 Å². The molecule has 1 aromatic heterocycles. The molecule has 0 aliphatic rings. The topological polar surface area (TPSA) is 45.9 Å². The third kappa shape index (κ3) is 4.25. The first-order valence-corrected chi connectivity index (χ1v) is 7.56. The average molecular weight is 334 g/mol. The molecule has 0 amide bonds. The van der Waals surface area contributed by atoms with E-state index < -0.39 is 23.4 Å². The molecule has 1 aromatic carbocycles. The van der Waals surface area contributed by atoms with E-state index in [1.54, 1.807) is 12.1 Å². The molecule has 0 aliphatic carbocycles. The number of aromatic nitrogens is 1. The molecule has 2 aromatic rings. The number of benzene rings is 1. The van der Waals surface area contributed by atoms with Gasteiger partial charge < -0.3 is 4.74 Å². The summed E-state index contributed by atoms with van der Waals surface area (Å²) < 4.78 is 44.9. The zero-order chi connectivity index (χ0) is 17.7. The number of hydrogen-bond acceptors (Lipinski definition) is 3. The van der Waals surface area contributed by atoms with Gasteiger partial charge in [0.05, 0.1) is 22.9 Å². The number of rotatable bonds is 5. The lowest BCUT2D eigenvalue weighted by Gasteiger charge is -2.20. The van der Waals surface area contributed by atoms with Crippen molar-refractivity contribution in [3.63, 3.8) is 0 Å². The number of ether oxygens (including phenoxy) is 1. The Morgan fingerprint density at radius 2 is 2.00 bits per heavy atom. The van der Waals surface area contributed by atoms with Crippen LogP contribution in [0, 0.1) is 18.3 Å². The van der Waals surface area contributed by atoms with Gasteiger partial charge in [-0.3, -0.25) is 4.98 Å². The van der Waals surface area contributed by atoms with E-state index in [-0.39, 0.29) is 5.75 Å². The van der Waals surface area contributed by atoms with Crippen LogP contribution in [0.15, 0.2) is 36.4 Å². The monoisotopic (exact) mass is 334 g/mol. The smallest absolute Gasteiger partial charge is 0.417 e. The van der Waals surface area contributed by atoms with Crippen molar-refractivity contribution in [1.82, 2.24) is 4.98 Å². The molecule has 1 heterocycles. The largest absolute Gasteiger partial charge is 0.484 e. The van der Waals surface area contributed by atoms with Crippen molar-refractivity contribution in [2.24, 2.45) is 0 Å². The molecular formula is C18H17F3N2O. The van der Waals surface area contributed by atoms with Crippen molar-refractivity contribution in [2.75, 3.05) is 0 Å². The Bertz CT molecular complexity index is 751. The third-order valence-electron chi connectivity index (χ3n) is 3.49. The van der Waals surface area contributed by atoms with Crippen LogP contribution in [-0.2, 0) is 6.18 Å². The van der Waals surface area contributed by atoms with Crippen molar-refractivity contribution < 1.29 is 17.9 Å². The maximum absolute atomic E-state index is 13.1. The Morgan fingerprint density at radius 1 is 1.25 bits per heavy atom. The fourth-order valence-electron chi connectivity index (χ4n) is 2.37. The Balaban J connectivity index is 2.35. The van der Waals surface area contributed by atoms with E-state index in [0.29, 0.717) is 12.1 Å². The van der Waals surface area contributed by atoms with Crippen molar-refractivity contribution in [3.05, 3.63) is 58.9 Å². The van der Waals surface area contributed by atoms with Gasteiger partial charge in [-0.15, -0.1) is 0 Å². The molecule has 1 atom stereocenters. The predicted molar refractivity (Wildman–Crippen MR) is 83.4 cm³/mol. The lowest BCUT2D eigenvalue weighted by atomic mass is 10.1. The van der Waals surface area contributed by atoms with Crippen LogP contribution < -0.4 is 4.74 Å². The molecule has 0 bridgehead atoms. The minimum absolute atomic E-state index is 0.0723. The van der Waals surface area contributed by atoms with Gasteiger partial charge in [0.2, 0.25) is 0 Å². The van der Waals surface area contributed by atoms with Crippen molar-refractivity contribution in [3.8, 4) is 11.8 Å². The second kappa shape index (κ2) is 7.35. The zero-order valence-corrected chi connectivity index (χ0v) is 13.4. The highest BCUT2D eigenvalue weighted by Crippen LogP contribution is 2.35. The molecule has 0 saturated carbocycles. The molecule has 0 fully saturated rings. The van der Waals surface area contributed by atoms with Gasteiger partial charge in [-0.2, -0.15) is 18.4 Å². The molecule has 0 aliphatic heterocycles. The highest BCUT2D eigenvalue weighted by atomic mass is 19.4. The quantitative estimate of drug-likeness (QED) is 0.755. The molecule has 0 saturated heterocycles. The van der Waals surface area contributed by atoms with Crippen LogP contribution in [0.1, 0.15) is 48.4 Å². The van der Waals surface area contributed by atoms with E-state index in [1.807, 2.05) is 26.0 Å². The van der Waals surface area contributed by atoms with E-state index in [0.717, 1.165) is 24.2 Å². The summed E-state index contributed by atoms with van der Waals surface area (Å²) in [6, 6.07) is 10.4. The Hall–Kier alpha value is -2.55. The maximum atomic E-state index is 13.1. The predicted octanol–water partition coefficient (Wildman–Crippen LogP) is 5.20. The standard InChI is InChI=1S/C18H17F3N2O/c1-3-5-17(16-7-4-6-12(2)23-16)24-14-9-8-13(11-22)15(10-14)18(19,20)21/h4,6-10,17H,3,5H2,1-2H3. The summed E-state index contributed by atoms with van der Waals surface area (Å²) in [6.07, 6.45) is -3.63. The molecule has 2 rings (SSSR count). The van der Waals surface area contributed by atoms with E-state index in [2.05, 4.69) is 4.98 Å². The van der Waals surface area contributed by atoms with Crippen molar-refractivity contribution in [1.29, 1.82) is 5.26 Å². The molecule has 0 spiro atoms. The number of aryl methyl sites for hydroxylation is 1. The molecule has 1 unspecified atom stereocenters. The summed E-state index contributed by atoms with van der Waals surface area (Å²) in [6.45, 7) is 3.81. The molecule has 0 N–H and O–H groups in total. The Labute approximate surface area is 138 Å². The summed E-state index contributed by atoms with van der Waals surface area (Å²) in [7, 11) is 0. The number of halogens is 3. The highest BCUT2D eigenvalue weighted by molar-refractivity contribution is 5.44. The first-order chi connectivity index (χ1) is 11.3. The van der Waals surface area contributed by atoms with Gasteiger partial charge in [0, 0.05) is 5.69 Å². The lowest BCUT2D eigenvalue weighted by Crippen LogP contribution is -2.12. The van der Waals surface area contributed by atoms with Gasteiger partial charge in [-0.25, -0.2) is 0 Å². The fourth-order valence-corrected chi connectivity index (χ4v) is 2.37. The van der Waals surface area contributed by atoms with Crippen molar-refractivity contribution >= 4 is 0 Å². The molecule has 6 heteroatoms. The number of alkyl halides is 3. The Morgan fingerprint density at radius 3 is 2.58 bits per heavy atom. The van der Waals surface area contributed by atoms with E-state index in [1.165, 1.54) is 6.07 Å². The minimum atomic E-state index is -4.60. The number of pyridine rings is 1. The van der Waals surface area contributed by atoms with Crippen LogP contribution in [-0.4, -0.2) is 4.98 Å². The minimum Gasteiger partial charge on any atom is -0.484 e. The molecule has 24 heavy (non-hydrogen) atoms. The van der Waals surface area contributed by atoms with Gasteiger partial charge in [0.1, 0.15) is 11.9 Å². The second-order valence-corrected chi connectivity index (χ2v) is 5.42. The van der Waals surface area contributed by atoms with Gasteiger partial charge in [0.25, 0.3) is 0 Å². The van der Waals surface area contributed by atoms with Crippen LogP contribution in [0.3, 0.4) is 0 Å². The summed E-state index contributed by atoms with van der Waals surface area (Å²) >= 11 is 0. The lowest BCUT2D eigenvalue weighted by molar-refractivity contribution is -0.137. The van der Waals surface area contributed by atoms with Crippen LogP contribution >= 0.6 is 0 Å². The highest BCUT2D eigenvalue weighted by Gasteiger charge is 2.34. The fraction of sp³-hybridized carbons (Fsp3) is 0.333. The van der Waals surface area contributed by atoms with Crippen molar-refractivity contribution in [2.45, 2.75) is 39.0 Å². The van der Waals surface area contributed by atoms with E-state index in [4.69, 9.17) is 10.00 Å². The average Bonchev–Trinajstić information content (AvgIpc) is 2.53. The van der Waals surface area contributed by atoms with Crippen LogP contribution in [0.25, 0.3) is 0 Å². The summed E-state index contributed by atoms with van der Waals surface area (Å²) in [4.78, 5) is 4.39. The SMILES string of the molecule is CCCC(Oc1ccc(C#N)c(C(F)(F)F)c1)c1cccc(C)n1. The first-order valence-electron chi connectivity index (χ1n) is 7.56. The maximum Gasteiger partial charge on any atom is 0.417 e. The molecular weight excluding hydrogens is 317 g/mol. The molecule has 126 valence electrons. The first kappa shape index (κ1) is 17.8. The number of hydrogen-bond donors (Lipinski definition) is 0. The number of nitriles is 1. The normalized spacial score (nSPS) is 12.5. The molecule has 0 radical (unpaired) electrons. The molecule has 3 nitrogen and oxygen atoms in total. The second-order valence-electron chi connectivity index (χ2n) is 5.42. The van der Waals surface area contributed by atoms with E-state index >= 15 is 0 Å². The zero-order valence-electron chi connectivity index (χ0n) is 13.4. The summed E-state index contributed by atoms with van der Waals surface area (Å²) in [5, 5.41) is 8.85. The van der Waals surface area contributed by atoms with Crippen LogP contribution in [0.2, 0.25) is 0 Å². The van der Waals surface area contributed by atoms with Crippen LogP contribution in [0.5, 0.6) is 5.75 Å². The van der Waals surface area contributed by atoms with Crippen LogP contribution in [0.4, 0.5) is 13.2 Å². The number of nitrogens with zero attached hydrogens (tertiary/aromatic N) is 2. The van der Waals surface area contributed by atoms with Gasteiger partial charge in [0.15, 0.2) is 0 Å².